The molecule has 0 amide bonds. The molecule has 0 radical (unpaired) electrons. The maximum Gasteiger partial charge on any atom is 0.128 e. The van der Waals surface area contributed by atoms with Gasteiger partial charge in [-0.2, -0.15) is 0 Å². The van der Waals surface area contributed by atoms with Crippen molar-refractivity contribution < 1.29 is 13.5 Å². The Bertz CT molecular complexity index is 481. The molecular weight excluding hydrogens is 370 g/mol. The molecule has 2 aromatic rings. The van der Waals surface area contributed by atoms with Crippen molar-refractivity contribution in [3.05, 3.63) is 62.5 Å². The van der Waals surface area contributed by atoms with Gasteiger partial charge in [0.2, 0.25) is 0 Å². The molecule has 1 nitrogen and oxygen atoms in total. The fourth-order valence-corrected chi connectivity index (χ4v) is 2.43. The summed E-state index contributed by atoms with van der Waals surface area (Å²) < 4.78 is 32.9. The third-order valence-corrected chi connectivity index (χ3v) is 3.08. The Labute approximate surface area is 120 Å². The summed E-state index contributed by atoms with van der Waals surface area (Å²) in [6, 6.07) is 8.75. The Morgan fingerprint density at radius 2 is 1.44 bits per heavy atom. The van der Waals surface area contributed by atoms with Gasteiger partial charge in [-0.1, -0.05) is 31.9 Å². The summed E-state index contributed by atoms with van der Waals surface area (Å²) >= 11 is 6.37. The highest BCUT2D eigenvalue weighted by Gasteiger charge is 2.03. The van der Waals surface area contributed by atoms with Gasteiger partial charge in [0, 0.05) is 15.0 Å². The minimum atomic E-state index is -0.389. The molecule has 0 aliphatic carbocycles. The summed E-state index contributed by atoms with van der Waals surface area (Å²) in [5.74, 6) is -0.342. The second-order valence-corrected chi connectivity index (χ2v) is 5.50. The van der Waals surface area contributed by atoms with E-state index in [-0.39, 0.29) is 18.2 Å². The van der Waals surface area contributed by atoms with Crippen molar-refractivity contribution in [3.8, 4) is 5.75 Å². The van der Waals surface area contributed by atoms with Crippen LogP contribution < -0.4 is 4.74 Å². The largest absolute Gasteiger partial charge is 0.489 e. The fraction of sp³-hybridized carbons (Fsp3) is 0.0769. The zero-order valence-corrected chi connectivity index (χ0v) is 12.3. The molecule has 2 aromatic carbocycles. The van der Waals surface area contributed by atoms with Gasteiger partial charge in [-0.25, -0.2) is 8.78 Å². The molecule has 0 unspecified atom stereocenters. The van der Waals surface area contributed by atoms with E-state index in [9.17, 15) is 8.78 Å². The van der Waals surface area contributed by atoms with Gasteiger partial charge in [0.1, 0.15) is 24.0 Å². The lowest BCUT2D eigenvalue weighted by Crippen LogP contribution is -1.96. The van der Waals surface area contributed by atoms with Crippen molar-refractivity contribution in [2.75, 3.05) is 0 Å². The zero-order valence-electron chi connectivity index (χ0n) is 9.09. The average Bonchev–Trinajstić information content (AvgIpc) is 2.23. The minimum absolute atomic E-state index is 0.173. The van der Waals surface area contributed by atoms with E-state index in [1.165, 1.54) is 24.3 Å². The predicted molar refractivity (Wildman–Crippen MR) is 72.5 cm³/mol. The molecule has 2 rings (SSSR count). The molecule has 0 atom stereocenters. The molecule has 0 saturated carbocycles. The van der Waals surface area contributed by atoms with Crippen LogP contribution in [0.3, 0.4) is 0 Å². The van der Waals surface area contributed by atoms with Crippen LogP contribution in [0.5, 0.6) is 5.75 Å². The Balaban J connectivity index is 2.11. The number of halogens is 4. The molecule has 0 N–H and O–H groups in total. The molecule has 0 fully saturated rings. The molecule has 0 aliphatic rings. The van der Waals surface area contributed by atoms with Crippen LogP contribution in [0.15, 0.2) is 45.3 Å². The monoisotopic (exact) mass is 376 g/mol. The van der Waals surface area contributed by atoms with E-state index in [2.05, 4.69) is 31.9 Å². The molecule has 0 heterocycles. The molecule has 0 saturated heterocycles. The van der Waals surface area contributed by atoms with Gasteiger partial charge in [0.15, 0.2) is 0 Å². The quantitative estimate of drug-likeness (QED) is 0.725. The topological polar surface area (TPSA) is 9.23 Å². The molecular formula is C13H8Br2F2O. The van der Waals surface area contributed by atoms with Gasteiger partial charge < -0.3 is 4.74 Å². The van der Waals surface area contributed by atoms with Crippen molar-refractivity contribution in [1.82, 2.24) is 0 Å². The standard InChI is InChI=1S/C13H8Br2F2O/c14-9-1-8(2-11(16)3-9)7-18-13-5-10(15)4-12(17)6-13/h1-6H,7H2. The lowest BCUT2D eigenvalue weighted by molar-refractivity contribution is 0.303. The minimum Gasteiger partial charge on any atom is -0.489 e. The number of hydrogen-bond donors (Lipinski definition) is 0. The Morgan fingerprint density at radius 1 is 0.833 bits per heavy atom. The van der Waals surface area contributed by atoms with Crippen LogP contribution in [0.4, 0.5) is 8.78 Å². The second-order valence-electron chi connectivity index (χ2n) is 3.67. The molecule has 5 heteroatoms. The highest BCUT2D eigenvalue weighted by molar-refractivity contribution is 9.10. The van der Waals surface area contributed by atoms with Gasteiger partial charge in [-0.15, -0.1) is 0 Å². The smallest absolute Gasteiger partial charge is 0.128 e. The highest BCUT2D eigenvalue weighted by atomic mass is 79.9. The van der Waals surface area contributed by atoms with Gasteiger partial charge in [0.25, 0.3) is 0 Å². The van der Waals surface area contributed by atoms with Crippen molar-refractivity contribution in [1.29, 1.82) is 0 Å². The number of ether oxygens (including phenoxy) is 1. The SMILES string of the molecule is Fc1cc(Br)cc(COc2cc(F)cc(Br)c2)c1. The molecule has 0 bridgehead atoms. The zero-order chi connectivity index (χ0) is 13.1. The van der Waals surface area contributed by atoms with Crippen LogP contribution in [0.1, 0.15) is 5.56 Å². The number of benzene rings is 2. The number of rotatable bonds is 3. The molecule has 18 heavy (non-hydrogen) atoms. The van der Waals surface area contributed by atoms with Crippen LogP contribution in [0.25, 0.3) is 0 Å². The summed E-state index contributed by atoms with van der Waals surface area (Å²) in [6.45, 7) is 0.173. The molecule has 94 valence electrons. The van der Waals surface area contributed by atoms with E-state index in [0.29, 0.717) is 20.3 Å². The van der Waals surface area contributed by atoms with Crippen molar-refractivity contribution in [3.63, 3.8) is 0 Å². The summed E-state index contributed by atoms with van der Waals surface area (Å²) in [7, 11) is 0. The number of hydrogen-bond acceptors (Lipinski definition) is 1. The summed E-state index contributed by atoms with van der Waals surface area (Å²) in [5, 5.41) is 0. The van der Waals surface area contributed by atoms with Crippen molar-refractivity contribution in [2.45, 2.75) is 6.61 Å². The highest BCUT2D eigenvalue weighted by Crippen LogP contribution is 2.22. The third kappa shape index (κ3) is 3.78. The van der Waals surface area contributed by atoms with Crippen LogP contribution >= 0.6 is 31.9 Å². The van der Waals surface area contributed by atoms with Crippen LogP contribution in [-0.4, -0.2) is 0 Å². The molecule has 0 spiro atoms. The van der Waals surface area contributed by atoms with E-state index in [0.717, 1.165) is 0 Å². The van der Waals surface area contributed by atoms with E-state index >= 15 is 0 Å². The van der Waals surface area contributed by atoms with Gasteiger partial charge in [-0.3, -0.25) is 0 Å². The van der Waals surface area contributed by atoms with E-state index < -0.39 is 0 Å². The van der Waals surface area contributed by atoms with Crippen molar-refractivity contribution >= 4 is 31.9 Å². The van der Waals surface area contributed by atoms with E-state index in [1.807, 2.05) is 0 Å². The van der Waals surface area contributed by atoms with E-state index in [1.54, 1.807) is 12.1 Å². The molecule has 0 aliphatic heterocycles. The lowest BCUT2D eigenvalue weighted by Gasteiger charge is -2.07. The Morgan fingerprint density at radius 3 is 2.06 bits per heavy atom. The van der Waals surface area contributed by atoms with Crippen LogP contribution in [0.2, 0.25) is 0 Å². The predicted octanol–water partition coefficient (Wildman–Crippen LogP) is 5.07. The van der Waals surface area contributed by atoms with Crippen LogP contribution in [0, 0.1) is 11.6 Å². The van der Waals surface area contributed by atoms with Gasteiger partial charge in [0.05, 0.1) is 0 Å². The Kier molecular flexibility index (Phi) is 4.35. The summed E-state index contributed by atoms with van der Waals surface area (Å²) in [5.41, 5.74) is 0.669. The summed E-state index contributed by atoms with van der Waals surface area (Å²) in [4.78, 5) is 0. The first-order chi connectivity index (χ1) is 8.52. The van der Waals surface area contributed by atoms with Gasteiger partial charge in [-0.05, 0) is 35.9 Å². The maximum atomic E-state index is 13.1. The fourth-order valence-electron chi connectivity index (χ4n) is 1.47. The van der Waals surface area contributed by atoms with Crippen LogP contribution in [-0.2, 0) is 6.61 Å². The summed E-state index contributed by atoms with van der Waals surface area (Å²) in [6.07, 6.45) is 0. The lowest BCUT2D eigenvalue weighted by atomic mass is 10.2. The Hall–Kier alpha value is -0.940. The van der Waals surface area contributed by atoms with Gasteiger partial charge >= 0.3 is 0 Å². The second kappa shape index (κ2) is 5.80. The molecule has 0 aromatic heterocycles. The average molecular weight is 378 g/mol. The first-order valence-electron chi connectivity index (χ1n) is 5.07. The normalized spacial score (nSPS) is 10.4. The third-order valence-electron chi connectivity index (χ3n) is 2.16. The first-order valence-corrected chi connectivity index (χ1v) is 6.65. The van der Waals surface area contributed by atoms with E-state index in [4.69, 9.17) is 4.74 Å². The maximum absolute atomic E-state index is 13.1. The first kappa shape index (κ1) is 13.5. The van der Waals surface area contributed by atoms with Crippen molar-refractivity contribution in [2.24, 2.45) is 0 Å².